The molecule has 0 radical (unpaired) electrons. The van der Waals surface area contributed by atoms with Gasteiger partial charge >= 0.3 is 0 Å². The Bertz CT molecular complexity index is 81.8. The minimum absolute atomic E-state index is 0. The first-order valence-corrected chi connectivity index (χ1v) is 1.60. The van der Waals surface area contributed by atoms with Gasteiger partial charge in [-0.3, -0.25) is 4.79 Å². The Morgan fingerprint density at radius 2 is 1.56 bits per heavy atom. The third kappa shape index (κ3) is 18.6. The maximum absolute atomic E-state index is 9.82. The maximum atomic E-state index is 9.82. The van der Waals surface area contributed by atoms with Gasteiger partial charge in [0.15, 0.2) is 0 Å². The molecule has 0 aliphatic rings. The highest BCUT2D eigenvalue weighted by molar-refractivity contribution is 5.90. The van der Waals surface area contributed by atoms with E-state index in [1.165, 1.54) is 0 Å². The second kappa shape index (κ2) is 10.4. The van der Waals surface area contributed by atoms with E-state index in [0.717, 1.165) is 0 Å². The molecule has 0 aliphatic carbocycles. The predicted octanol–water partition coefficient (Wildman–Crippen LogP) is 0.794. The average Bonchev–Trinajstić information content (AvgIpc) is 1.36. The molecule has 0 heterocycles. The Labute approximate surface area is 61.1 Å². The highest BCUT2D eigenvalue weighted by Crippen LogP contribution is 1.78. The lowest BCUT2D eigenvalue weighted by atomic mass is 10.3. The van der Waals surface area contributed by atoms with Crippen molar-refractivity contribution in [1.82, 2.24) is 12.3 Å². The number of rotatable bonds is 1. The normalized spacial score (nSPS) is 5.00. The van der Waals surface area contributed by atoms with E-state index in [0.29, 0.717) is 5.57 Å². The number of carbonyl (C=O) groups is 1. The molecule has 5 heteroatoms. The molecule has 0 saturated heterocycles. The van der Waals surface area contributed by atoms with Crippen molar-refractivity contribution in [3.05, 3.63) is 12.2 Å². The number of hydrogen-bond donors (Lipinski definition) is 3. The summed E-state index contributed by atoms with van der Waals surface area (Å²) in [5, 5.41) is 0. The number of halogens is 1. The van der Waals surface area contributed by atoms with Crippen LogP contribution >= 0.6 is 12.4 Å². The number of carbonyl (C=O) groups excluding carboxylic acids is 1. The Kier molecular flexibility index (Phi) is 27.4. The summed E-state index contributed by atoms with van der Waals surface area (Å²) in [6.07, 6.45) is 0. The smallest absolute Gasteiger partial charge is 0.243 e. The van der Waals surface area contributed by atoms with Gasteiger partial charge in [-0.2, -0.15) is 0 Å². The van der Waals surface area contributed by atoms with Gasteiger partial charge in [-0.25, -0.2) is 0 Å². The fourth-order valence-electron chi connectivity index (χ4n) is 0. The minimum atomic E-state index is -0.435. The lowest BCUT2D eigenvalue weighted by Gasteiger charge is -1.81. The number of amides is 1. The standard InChI is InChI=1S/C4H7NO.ClH.2H3N/c1-3(2)4(5)6;;;/h1H2,2H3,(H2,5,6);1H;2*1H3. The molecule has 0 unspecified atom stereocenters. The van der Waals surface area contributed by atoms with E-state index in [1.54, 1.807) is 6.92 Å². The van der Waals surface area contributed by atoms with Crippen molar-refractivity contribution in [3.63, 3.8) is 0 Å². The Balaban J connectivity index is -0.0000000417. The van der Waals surface area contributed by atoms with Gasteiger partial charge in [0, 0.05) is 5.57 Å². The van der Waals surface area contributed by atoms with Crippen LogP contribution in [0.3, 0.4) is 0 Å². The first kappa shape index (κ1) is 23.7. The van der Waals surface area contributed by atoms with E-state index >= 15 is 0 Å². The third-order valence-corrected chi connectivity index (χ3v) is 0.421. The summed E-state index contributed by atoms with van der Waals surface area (Å²) in [4.78, 5) is 9.82. The summed E-state index contributed by atoms with van der Waals surface area (Å²) in [6, 6.07) is 0. The van der Waals surface area contributed by atoms with E-state index in [9.17, 15) is 4.79 Å². The van der Waals surface area contributed by atoms with Crippen LogP contribution in [0.5, 0.6) is 0 Å². The van der Waals surface area contributed by atoms with Gasteiger partial charge in [0.2, 0.25) is 5.91 Å². The second-order valence-corrected chi connectivity index (χ2v) is 1.14. The largest absolute Gasteiger partial charge is 0.366 e. The van der Waals surface area contributed by atoms with Crippen LogP contribution in [0, 0.1) is 0 Å². The van der Waals surface area contributed by atoms with Crippen LogP contribution in [0.25, 0.3) is 0 Å². The molecule has 4 nitrogen and oxygen atoms in total. The zero-order valence-corrected chi connectivity index (χ0v) is 6.33. The topological polar surface area (TPSA) is 113 Å². The van der Waals surface area contributed by atoms with Crippen molar-refractivity contribution in [2.45, 2.75) is 6.92 Å². The van der Waals surface area contributed by atoms with E-state index in [2.05, 4.69) is 6.58 Å². The quantitative estimate of drug-likeness (QED) is 0.487. The fraction of sp³-hybridized carbons (Fsp3) is 0.250. The van der Waals surface area contributed by atoms with Crippen LogP contribution in [0.2, 0.25) is 0 Å². The molecule has 0 atom stereocenters. The number of nitrogens with two attached hydrogens (primary N) is 1. The zero-order chi connectivity index (χ0) is 5.15. The van der Waals surface area contributed by atoms with Crippen molar-refractivity contribution < 1.29 is 4.79 Å². The molecule has 0 aliphatic heterocycles. The minimum Gasteiger partial charge on any atom is -0.366 e. The van der Waals surface area contributed by atoms with E-state index in [-0.39, 0.29) is 24.7 Å². The van der Waals surface area contributed by atoms with Crippen molar-refractivity contribution in [1.29, 1.82) is 0 Å². The summed E-state index contributed by atoms with van der Waals surface area (Å²) in [5.74, 6) is -0.435. The van der Waals surface area contributed by atoms with Gasteiger partial charge in [0.25, 0.3) is 0 Å². The lowest BCUT2D eigenvalue weighted by Crippen LogP contribution is -2.10. The zero-order valence-electron chi connectivity index (χ0n) is 5.52. The van der Waals surface area contributed by atoms with Crippen molar-refractivity contribution >= 4 is 18.3 Å². The van der Waals surface area contributed by atoms with Crippen molar-refractivity contribution in [2.75, 3.05) is 0 Å². The molecule has 1 amide bonds. The molecule has 0 bridgehead atoms. The summed E-state index contributed by atoms with van der Waals surface area (Å²) in [5.41, 5.74) is 5.09. The maximum Gasteiger partial charge on any atom is 0.243 e. The second-order valence-electron chi connectivity index (χ2n) is 1.14. The van der Waals surface area contributed by atoms with E-state index < -0.39 is 5.91 Å². The van der Waals surface area contributed by atoms with Gasteiger partial charge in [-0.1, -0.05) is 6.58 Å². The highest BCUT2D eigenvalue weighted by Gasteiger charge is 1.86. The SMILES string of the molecule is C=C(C)C(N)=O.Cl.N.N. The van der Waals surface area contributed by atoms with Crippen LogP contribution < -0.4 is 18.0 Å². The van der Waals surface area contributed by atoms with Gasteiger partial charge in [0.1, 0.15) is 0 Å². The van der Waals surface area contributed by atoms with Crippen molar-refractivity contribution in [3.8, 4) is 0 Å². The van der Waals surface area contributed by atoms with Crippen LogP contribution in [0.15, 0.2) is 12.2 Å². The molecular formula is C4H14ClN3O. The highest BCUT2D eigenvalue weighted by atomic mass is 35.5. The summed E-state index contributed by atoms with van der Waals surface area (Å²) in [6.45, 7) is 4.85. The third-order valence-electron chi connectivity index (χ3n) is 0.421. The number of hydrogen-bond acceptors (Lipinski definition) is 3. The van der Waals surface area contributed by atoms with Crippen LogP contribution in [-0.2, 0) is 4.79 Å². The molecule has 0 rings (SSSR count). The molecule has 0 fully saturated rings. The van der Waals surface area contributed by atoms with Gasteiger partial charge in [0.05, 0.1) is 0 Å². The monoisotopic (exact) mass is 155 g/mol. The Morgan fingerprint density at radius 1 is 1.44 bits per heavy atom. The summed E-state index contributed by atoms with van der Waals surface area (Å²) < 4.78 is 0. The van der Waals surface area contributed by atoms with Crippen LogP contribution in [0.1, 0.15) is 6.92 Å². The fourth-order valence-corrected chi connectivity index (χ4v) is 0. The summed E-state index contributed by atoms with van der Waals surface area (Å²) >= 11 is 0. The first-order chi connectivity index (χ1) is 2.64. The van der Waals surface area contributed by atoms with Gasteiger partial charge < -0.3 is 18.0 Å². The molecular weight excluding hydrogens is 142 g/mol. The average molecular weight is 156 g/mol. The lowest BCUT2D eigenvalue weighted by molar-refractivity contribution is -0.114. The van der Waals surface area contributed by atoms with Crippen molar-refractivity contribution in [2.24, 2.45) is 5.73 Å². The Hall–Kier alpha value is -0.580. The summed E-state index contributed by atoms with van der Waals surface area (Å²) in [7, 11) is 0. The molecule has 0 spiro atoms. The molecule has 0 aromatic rings. The number of primary amides is 1. The predicted molar refractivity (Wildman–Crippen MR) is 41.3 cm³/mol. The van der Waals surface area contributed by atoms with Crippen LogP contribution in [0.4, 0.5) is 0 Å². The first-order valence-electron chi connectivity index (χ1n) is 1.60. The van der Waals surface area contributed by atoms with Crippen LogP contribution in [-0.4, -0.2) is 5.91 Å². The molecule has 0 aromatic carbocycles. The van der Waals surface area contributed by atoms with E-state index in [1.807, 2.05) is 0 Å². The Morgan fingerprint density at radius 3 is 1.56 bits per heavy atom. The molecule has 9 heavy (non-hydrogen) atoms. The molecule has 8 N–H and O–H groups in total. The van der Waals surface area contributed by atoms with Gasteiger partial charge in [-0.15, -0.1) is 12.4 Å². The molecule has 0 saturated carbocycles. The molecule has 58 valence electrons. The van der Waals surface area contributed by atoms with Gasteiger partial charge in [-0.05, 0) is 6.92 Å². The van der Waals surface area contributed by atoms with E-state index in [4.69, 9.17) is 5.73 Å². The molecule has 0 aromatic heterocycles.